The molecule has 1 aromatic carbocycles. The highest BCUT2D eigenvalue weighted by Crippen LogP contribution is 2.24. The maximum Gasteiger partial charge on any atom is 0.270 e. The normalized spacial score (nSPS) is 26.6. The molecule has 1 aromatic rings. The van der Waals surface area contributed by atoms with Crippen molar-refractivity contribution >= 4 is 15.7 Å². The summed E-state index contributed by atoms with van der Waals surface area (Å²) in [6, 6.07) is 5.18. The van der Waals surface area contributed by atoms with Crippen LogP contribution in [0.1, 0.15) is 0 Å². The maximum atomic E-state index is 12.5. The highest BCUT2D eigenvalue weighted by atomic mass is 32.2. The van der Waals surface area contributed by atoms with Crippen LogP contribution in [0.3, 0.4) is 0 Å². The zero-order chi connectivity index (χ0) is 14.3. The van der Waals surface area contributed by atoms with Gasteiger partial charge in [-0.3, -0.25) is 19.9 Å². The first kappa shape index (κ1) is 13.4. The summed E-state index contributed by atoms with van der Waals surface area (Å²) in [4.78, 5) is 14.2. The second-order valence-electron chi connectivity index (χ2n) is 4.92. The fourth-order valence-corrected chi connectivity index (χ4v) is 3.94. The summed E-state index contributed by atoms with van der Waals surface area (Å²) in [5.41, 5.74) is -0.216. The Labute approximate surface area is 116 Å². The van der Waals surface area contributed by atoms with Crippen molar-refractivity contribution in [2.45, 2.75) is 4.90 Å². The summed E-state index contributed by atoms with van der Waals surface area (Å²) in [6.45, 7) is 3.14. The van der Waals surface area contributed by atoms with Crippen LogP contribution in [0.2, 0.25) is 0 Å². The molecule has 2 unspecified atom stereocenters. The molecule has 2 saturated heterocycles. The van der Waals surface area contributed by atoms with Crippen molar-refractivity contribution in [2.75, 3.05) is 33.1 Å². The quantitative estimate of drug-likeness (QED) is 0.580. The number of non-ortho nitro benzene ring substituents is 1. The number of hydrogen-bond acceptors (Lipinski definition) is 6. The number of fused-ring (bicyclic) bond motifs is 2. The van der Waals surface area contributed by atoms with E-state index in [4.69, 9.17) is 0 Å². The molecule has 2 bridgehead atoms. The summed E-state index contributed by atoms with van der Waals surface area (Å²) in [5.74, 6) is 0. The Bertz CT molecular complexity index is 636. The standard InChI is InChI=1S/C11H14N4O4S/c16-15(17)10-2-1-3-11(6-10)20(18,19)14-8-12-4-5-13(7-12)9-14/h1-3,6H,4-5,7-9H2. The zero-order valence-corrected chi connectivity index (χ0v) is 11.5. The number of hydrogen-bond donors (Lipinski definition) is 0. The van der Waals surface area contributed by atoms with E-state index < -0.39 is 14.9 Å². The van der Waals surface area contributed by atoms with Gasteiger partial charge >= 0.3 is 0 Å². The first-order valence-electron chi connectivity index (χ1n) is 6.16. The van der Waals surface area contributed by atoms with E-state index in [9.17, 15) is 18.5 Å². The number of sulfonamides is 1. The molecule has 2 aliphatic heterocycles. The van der Waals surface area contributed by atoms with Crippen LogP contribution in [-0.2, 0) is 10.0 Å². The lowest BCUT2D eigenvalue weighted by Crippen LogP contribution is -2.50. The van der Waals surface area contributed by atoms with E-state index in [2.05, 4.69) is 0 Å². The maximum absolute atomic E-state index is 12.5. The van der Waals surface area contributed by atoms with Gasteiger partial charge < -0.3 is 0 Å². The molecule has 2 atom stereocenters. The van der Waals surface area contributed by atoms with Gasteiger partial charge in [0.05, 0.1) is 29.8 Å². The van der Waals surface area contributed by atoms with Crippen LogP contribution in [0.15, 0.2) is 29.2 Å². The molecule has 0 saturated carbocycles. The molecule has 0 radical (unpaired) electrons. The minimum absolute atomic E-state index is 0.0320. The summed E-state index contributed by atoms with van der Waals surface area (Å²) in [6.07, 6.45) is 0. The van der Waals surface area contributed by atoms with E-state index in [0.29, 0.717) is 13.3 Å². The van der Waals surface area contributed by atoms with Gasteiger partial charge in [-0.25, -0.2) is 8.42 Å². The molecular formula is C11H14N4O4S. The molecular weight excluding hydrogens is 284 g/mol. The molecule has 0 amide bonds. The Balaban J connectivity index is 1.92. The third kappa shape index (κ3) is 2.29. The van der Waals surface area contributed by atoms with Gasteiger partial charge in [-0.05, 0) is 6.07 Å². The second kappa shape index (κ2) is 4.77. The summed E-state index contributed by atoms with van der Waals surface area (Å²) >= 11 is 0. The first-order valence-corrected chi connectivity index (χ1v) is 7.60. The highest BCUT2D eigenvalue weighted by molar-refractivity contribution is 7.89. The van der Waals surface area contributed by atoms with Crippen molar-refractivity contribution in [3.05, 3.63) is 34.4 Å². The second-order valence-corrected chi connectivity index (χ2v) is 6.86. The van der Waals surface area contributed by atoms with Gasteiger partial charge in [0.1, 0.15) is 0 Å². The lowest BCUT2D eigenvalue weighted by molar-refractivity contribution is -0.385. The van der Waals surface area contributed by atoms with E-state index in [-0.39, 0.29) is 10.6 Å². The number of nitro benzene ring substituents is 1. The van der Waals surface area contributed by atoms with Gasteiger partial charge in [0.25, 0.3) is 5.69 Å². The Morgan fingerprint density at radius 1 is 1.10 bits per heavy atom. The Morgan fingerprint density at radius 2 is 1.75 bits per heavy atom. The van der Waals surface area contributed by atoms with Gasteiger partial charge in [-0.15, -0.1) is 0 Å². The van der Waals surface area contributed by atoms with Crippen molar-refractivity contribution < 1.29 is 13.3 Å². The van der Waals surface area contributed by atoms with Gasteiger partial charge in [-0.1, -0.05) is 6.07 Å². The van der Waals surface area contributed by atoms with Gasteiger partial charge in [0.15, 0.2) is 0 Å². The predicted molar refractivity (Wildman–Crippen MR) is 70.1 cm³/mol. The highest BCUT2D eigenvalue weighted by Gasteiger charge is 2.36. The number of benzene rings is 1. The van der Waals surface area contributed by atoms with E-state index in [0.717, 1.165) is 25.8 Å². The Kier molecular flexibility index (Phi) is 3.21. The predicted octanol–water partition coefficient (Wildman–Crippen LogP) is 0.0892. The fourth-order valence-electron chi connectivity index (χ4n) is 2.49. The average Bonchev–Trinajstić information content (AvgIpc) is 2.77. The van der Waals surface area contributed by atoms with Crippen LogP contribution in [-0.4, -0.2) is 60.5 Å². The topological polar surface area (TPSA) is 87.0 Å². The lowest BCUT2D eigenvalue weighted by Gasteiger charge is -2.33. The molecule has 0 spiro atoms. The molecule has 20 heavy (non-hydrogen) atoms. The van der Waals surface area contributed by atoms with Crippen LogP contribution >= 0.6 is 0 Å². The number of rotatable bonds is 3. The van der Waals surface area contributed by atoms with Crippen molar-refractivity contribution in [3.8, 4) is 0 Å². The van der Waals surface area contributed by atoms with Crippen LogP contribution in [0, 0.1) is 10.1 Å². The summed E-state index contributed by atoms with van der Waals surface area (Å²) in [7, 11) is -3.70. The molecule has 0 aliphatic carbocycles. The van der Waals surface area contributed by atoms with Crippen molar-refractivity contribution in [3.63, 3.8) is 0 Å². The van der Waals surface area contributed by atoms with Crippen molar-refractivity contribution in [2.24, 2.45) is 0 Å². The fraction of sp³-hybridized carbons (Fsp3) is 0.455. The van der Waals surface area contributed by atoms with Crippen molar-refractivity contribution in [1.82, 2.24) is 14.1 Å². The molecule has 2 fully saturated rings. The van der Waals surface area contributed by atoms with Crippen LogP contribution < -0.4 is 0 Å². The molecule has 0 aromatic heterocycles. The smallest absolute Gasteiger partial charge is 0.270 e. The van der Waals surface area contributed by atoms with Crippen LogP contribution in [0.25, 0.3) is 0 Å². The number of nitro groups is 1. The van der Waals surface area contributed by atoms with Crippen LogP contribution in [0.5, 0.6) is 0 Å². The lowest BCUT2D eigenvalue weighted by atomic mass is 10.3. The summed E-state index contributed by atoms with van der Waals surface area (Å²) < 4.78 is 26.4. The van der Waals surface area contributed by atoms with Gasteiger partial charge in [-0.2, -0.15) is 4.31 Å². The van der Waals surface area contributed by atoms with Gasteiger partial charge in [0.2, 0.25) is 10.0 Å². The van der Waals surface area contributed by atoms with E-state index in [1.807, 2.05) is 9.80 Å². The van der Waals surface area contributed by atoms with E-state index in [1.165, 1.54) is 22.5 Å². The van der Waals surface area contributed by atoms with Gasteiger partial charge in [0, 0.05) is 25.2 Å². The summed E-state index contributed by atoms with van der Waals surface area (Å²) in [5, 5.41) is 10.8. The zero-order valence-electron chi connectivity index (χ0n) is 10.7. The monoisotopic (exact) mass is 298 g/mol. The van der Waals surface area contributed by atoms with E-state index in [1.54, 1.807) is 0 Å². The van der Waals surface area contributed by atoms with Crippen molar-refractivity contribution in [1.29, 1.82) is 0 Å². The minimum Gasteiger partial charge on any atom is -0.275 e. The number of nitrogens with zero attached hydrogens (tertiary/aromatic N) is 4. The van der Waals surface area contributed by atoms with Crippen LogP contribution in [0.4, 0.5) is 5.69 Å². The Morgan fingerprint density at radius 3 is 2.35 bits per heavy atom. The molecule has 9 heteroatoms. The molecule has 0 N–H and O–H groups in total. The average molecular weight is 298 g/mol. The first-order chi connectivity index (χ1) is 9.46. The third-order valence-electron chi connectivity index (χ3n) is 3.51. The molecule has 2 aliphatic rings. The Hall–Kier alpha value is -1.55. The molecule has 8 nitrogen and oxygen atoms in total. The minimum atomic E-state index is -3.70. The largest absolute Gasteiger partial charge is 0.275 e. The molecule has 3 rings (SSSR count). The molecule has 2 heterocycles. The van der Waals surface area contributed by atoms with E-state index >= 15 is 0 Å². The third-order valence-corrected chi connectivity index (χ3v) is 5.27. The SMILES string of the molecule is O=[N+]([O-])c1cccc(S(=O)(=O)N2CN3CCN(C3)C2)c1. The molecule has 108 valence electrons.